The van der Waals surface area contributed by atoms with E-state index >= 15 is 0 Å². The molecular formula is C37H44N6O4S. The number of ether oxygens (including phenoxy) is 1. The number of nitrogens with zero attached hydrogens (tertiary/aromatic N) is 5. The maximum absolute atomic E-state index is 14.6. The number of rotatable bonds is 5. The van der Waals surface area contributed by atoms with Crippen molar-refractivity contribution >= 4 is 27.6 Å². The van der Waals surface area contributed by atoms with Crippen molar-refractivity contribution in [3.05, 3.63) is 89.2 Å². The van der Waals surface area contributed by atoms with Crippen LogP contribution in [0.1, 0.15) is 73.6 Å². The number of piperidine rings is 1. The predicted molar refractivity (Wildman–Crippen MR) is 188 cm³/mol. The molecule has 0 spiro atoms. The van der Waals surface area contributed by atoms with E-state index in [-0.39, 0.29) is 46.8 Å². The Morgan fingerprint density at radius 1 is 0.938 bits per heavy atom. The second-order valence-electron chi connectivity index (χ2n) is 14.0. The molecule has 48 heavy (non-hydrogen) atoms. The summed E-state index contributed by atoms with van der Waals surface area (Å²) in [5.74, 6) is -0.192. The summed E-state index contributed by atoms with van der Waals surface area (Å²) in [5, 5.41) is 0. The smallest absolute Gasteiger partial charge is 0.264 e. The van der Waals surface area contributed by atoms with E-state index in [2.05, 4.69) is 46.4 Å². The molecule has 1 fully saturated rings. The highest BCUT2D eigenvalue weighted by molar-refractivity contribution is 7.92. The number of hydrogen-bond donors (Lipinski definition) is 1. The Kier molecular flexibility index (Phi) is 9.42. The van der Waals surface area contributed by atoms with Gasteiger partial charge in [0.1, 0.15) is 6.61 Å². The van der Waals surface area contributed by atoms with Crippen molar-refractivity contribution in [2.75, 3.05) is 29.3 Å². The third-order valence-corrected chi connectivity index (χ3v) is 10.2. The van der Waals surface area contributed by atoms with Crippen molar-refractivity contribution in [2.24, 2.45) is 5.41 Å². The Hall–Kier alpha value is -4.51. The van der Waals surface area contributed by atoms with Crippen LogP contribution in [0.3, 0.4) is 0 Å². The monoisotopic (exact) mass is 668 g/mol. The van der Waals surface area contributed by atoms with Gasteiger partial charge in [0.25, 0.3) is 15.9 Å². The Bertz CT molecular complexity index is 1900. The normalized spacial score (nSPS) is 18.2. The third-order valence-electron chi connectivity index (χ3n) is 8.91. The lowest BCUT2D eigenvalue weighted by molar-refractivity contribution is 0.0509. The van der Waals surface area contributed by atoms with E-state index in [1.165, 1.54) is 18.6 Å². The Labute approximate surface area is 283 Å². The molecule has 252 valence electrons. The van der Waals surface area contributed by atoms with Gasteiger partial charge in [0, 0.05) is 36.5 Å². The minimum absolute atomic E-state index is 0.0599. The number of carbonyl (C=O) groups excluding carboxylic acids is 1. The number of anilines is 2. The van der Waals surface area contributed by atoms with Crippen LogP contribution in [0.15, 0.2) is 71.8 Å². The van der Waals surface area contributed by atoms with Gasteiger partial charge in [-0.25, -0.2) is 18.1 Å². The number of amides is 1. The molecule has 0 aliphatic carbocycles. The summed E-state index contributed by atoms with van der Waals surface area (Å²) >= 11 is 0. The summed E-state index contributed by atoms with van der Waals surface area (Å²) in [6.07, 6.45) is 5.79. The van der Waals surface area contributed by atoms with Crippen molar-refractivity contribution in [3.8, 4) is 17.1 Å². The molecule has 6 rings (SSSR count). The zero-order valence-corrected chi connectivity index (χ0v) is 29.2. The number of nitrogens with one attached hydrogen (secondary N) is 1. The topological polar surface area (TPSA) is 118 Å². The fraction of sp³-hybridized carbons (Fsp3) is 0.405. The molecule has 4 bridgehead atoms. The van der Waals surface area contributed by atoms with E-state index in [0.717, 1.165) is 54.0 Å². The van der Waals surface area contributed by atoms with Gasteiger partial charge in [-0.3, -0.25) is 9.78 Å². The van der Waals surface area contributed by atoms with Crippen LogP contribution in [0.4, 0.5) is 11.6 Å². The first-order chi connectivity index (χ1) is 22.9. The van der Waals surface area contributed by atoms with Crippen LogP contribution in [0, 0.1) is 19.3 Å². The second kappa shape index (κ2) is 13.5. The number of carbonyl (C=O) groups is 1. The molecule has 1 amide bonds. The molecule has 1 saturated heterocycles. The third kappa shape index (κ3) is 7.46. The van der Waals surface area contributed by atoms with Gasteiger partial charge in [0.2, 0.25) is 11.8 Å². The molecule has 2 aliphatic heterocycles. The van der Waals surface area contributed by atoms with Crippen LogP contribution in [0.25, 0.3) is 11.3 Å². The number of pyridine rings is 1. The van der Waals surface area contributed by atoms with Gasteiger partial charge < -0.3 is 14.5 Å². The first-order valence-corrected chi connectivity index (χ1v) is 18.1. The van der Waals surface area contributed by atoms with Crippen LogP contribution in [-0.4, -0.2) is 59.9 Å². The first kappa shape index (κ1) is 33.4. The summed E-state index contributed by atoms with van der Waals surface area (Å²) in [6, 6.07) is 17.4. The molecule has 1 atom stereocenters. The van der Waals surface area contributed by atoms with Crippen LogP contribution in [-0.2, 0) is 16.6 Å². The van der Waals surface area contributed by atoms with Crippen molar-refractivity contribution < 1.29 is 17.9 Å². The minimum Gasteiger partial charge on any atom is -0.475 e. The van der Waals surface area contributed by atoms with Crippen LogP contribution in [0.2, 0.25) is 0 Å². The first-order valence-electron chi connectivity index (χ1n) is 16.6. The molecule has 4 aromatic rings. The average Bonchev–Trinajstić information content (AvgIpc) is 3.05. The lowest BCUT2D eigenvalue weighted by Gasteiger charge is -2.37. The van der Waals surface area contributed by atoms with E-state index in [9.17, 15) is 13.2 Å². The van der Waals surface area contributed by atoms with E-state index in [1.54, 1.807) is 29.3 Å². The summed E-state index contributed by atoms with van der Waals surface area (Å²) in [4.78, 5) is 32.6. The van der Waals surface area contributed by atoms with E-state index in [4.69, 9.17) is 9.72 Å². The number of aromatic nitrogens is 3. The fourth-order valence-corrected chi connectivity index (χ4v) is 7.67. The largest absolute Gasteiger partial charge is 0.475 e. The SMILES string of the molecule is Cc1cccc(C)c1-c1cc2nc(n1)NS(=O)(=O)c1cccc(c1)C(=O)N(Cc1ncccc1N1CCCCC1)[C@H](CC(C)(C)C)CO2. The van der Waals surface area contributed by atoms with Crippen LogP contribution < -0.4 is 14.4 Å². The Balaban J connectivity index is 1.49. The predicted octanol–water partition coefficient (Wildman–Crippen LogP) is 6.79. The average molecular weight is 669 g/mol. The van der Waals surface area contributed by atoms with Crippen molar-refractivity contribution in [3.63, 3.8) is 0 Å². The minimum atomic E-state index is -4.16. The highest BCUT2D eigenvalue weighted by Crippen LogP contribution is 2.33. The van der Waals surface area contributed by atoms with Crippen molar-refractivity contribution in [1.29, 1.82) is 0 Å². The molecule has 1 N–H and O–H groups in total. The zero-order valence-electron chi connectivity index (χ0n) is 28.4. The van der Waals surface area contributed by atoms with Gasteiger partial charge in [-0.1, -0.05) is 45.0 Å². The van der Waals surface area contributed by atoms with Crippen LogP contribution >= 0.6 is 0 Å². The summed E-state index contributed by atoms with van der Waals surface area (Å²) in [6.45, 7) is 12.6. The van der Waals surface area contributed by atoms with Crippen LogP contribution in [0.5, 0.6) is 5.88 Å². The zero-order chi connectivity index (χ0) is 34.1. The van der Waals surface area contributed by atoms with Gasteiger partial charge >= 0.3 is 0 Å². The molecule has 10 nitrogen and oxygen atoms in total. The fourth-order valence-electron chi connectivity index (χ4n) is 6.68. The Morgan fingerprint density at radius 2 is 1.67 bits per heavy atom. The lowest BCUT2D eigenvalue weighted by atomic mass is 9.87. The number of aryl methyl sites for hydroxylation is 2. The van der Waals surface area contributed by atoms with Gasteiger partial charge in [-0.15, -0.1) is 0 Å². The summed E-state index contributed by atoms with van der Waals surface area (Å²) < 4.78 is 36.5. The molecule has 2 aliphatic rings. The molecule has 2 aromatic carbocycles. The standard InChI is InChI=1S/C37H44N6O4S/c1-25-12-9-13-26(2)34(25)30-21-33-40-36(39-30)41-48(45,46)29-15-10-14-27(20-29)35(44)43(28(24-47-33)22-37(3,4)5)23-31-32(16-11-17-38-31)42-18-7-6-8-19-42/h9-17,20-21,28H,6-8,18-19,22-24H2,1-5H3,(H,39,40,41)/t28-/m1/s1. The number of hydrogen-bond acceptors (Lipinski definition) is 8. The van der Waals surface area contributed by atoms with Crippen molar-refractivity contribution in [2.45, 2.75) is 77.8 Å². The maximum Gasteiger partial charge on any atom is 0.264 e. The highest BCUT2D eigenvalue weighted by Gasteiger charge is 2.32. The Morgan fingerprint density at radius 3 is 2.40 bits per heavy atom. The number of benzene rings is 2. The van der Waals surface area contributed by atoms with Gasteiger partial charge in [-0.2, -0.15) is 4.98 Å². The number of fused-ring (bicyclic) bond motifs is 4. The number of sulfonamides is 1. The second-order valence-corrected chi connectivity index (χ2v) is 15.7. The van der Waals surface area contributed by atoms with Gasteiger partial charge in [0.05, 0.1) is 34.6 Å². The van der Waals surface area contributed by atoms with E-state index < -0.39 is 16.1 Å². The van der Waals surface area contributed by atoms with E-state index in [0.29, 0.717) is 12.1 Å². The van der Waals surface area contributed by atoms with E-state index in [1.807, 2.05) is 38.1 Å². The molecule has 0 radical (unpaired) electrons. The highest BCUT2D eigenvalue weighted by atomic mass is 32.2. The lowest BCUT2D eigenvalue weighted by Crippen LogP contribution is -2.45. The van der Waals surface area contributed by atoms with Gasteiger partial charge in [-0.05, 0) is 86.4 Å². The maximum atomic E-state index is 14.6. The summed E-state index contributed by atoms with van der Waals surface area (Å²) in [5.41, 5.74) is 5.29. The molecule has 11 heteroatoms. The van der Waals surface area contributed by atoms with Crippen molar-refractivity contribution in [1.82, 2.24) is 19.9 Å². The molecule has 0 saturated carbocycles. The summed E-state index contributed by atoms with van der Waals surface area (Å²) in [7, 11) is -4.16. The molecule has 0 unspecified atom stereocenters. The molecular weight excluding hydrogens is 625 g/mol. The molecule has 4 heterocycles. The van der Waals surface area contributed by atoms with Gasteiger partial charge in [0.15, 0.2) is 0 Å². The molecule has 2 aromatic heterocycles. The quantitative estimate of drug-likeness (QED) is 0.247.